The minimum absolute atomic E-state index is 0.0117. The maximum absolute atomic E-state index is 14.8. The molecule has 1 aromatic heterocycles. The van der Waals surface area contributed by atoms with Gasteiger partial charge >= 0.3 is 6.03 Å². The zero-order valence-corrected chi connectivity index (χ0v) is 21.5. The molecule has 1 aliphatic heterocycles. The van der Waals surface area contributed by atoms with E-state index < -0.39 is 39.6 Å². The van der Waals surface area contributed by atoms with E-state index in [1.807, 2.05) is 6.92 Å². The summed E-state index contributed by atoms with van der Waals surface area (Å²) in [7, 11) is -1.16. The fraction of sp³-hybridized carbons (Fsp3) is 0.417. The maximum atomic E-state index is 14.8. The highest BCUT2D eigenvalue weighted by atomic mass is 32.2. The number of allylic oxidation sites excluding steroid dienone is 1. The molecule has 0 spiro atoms. The number of anilines is 2. The van der Waals surface area contributed by atoms with E-state index >= 15 is 0 Å². The van der Waals surface area contributed by atoms with Gasteiger partial charge in [0.1, 0.15) is 23.8 Å². The number of nitrogens with zero attached hydrogens (tertiary/aromatic N) is 4. The SMILES string of the molecule is C/C(=C\c1c(N[C@H](C)c2cccc(C(F)F)c2F)ncnc1N(C)C=O)C1CCS(=O)(=NC(N)=O)CC1. The number of nitrogens with one attached hydrogen (secondary N) is 1. The average molecular weight is 539 g/mol. The normalized spacial score (nSPS) is 20.8. The number of amides is 3. The lowest BCUT2D eigenvalue weighted by Crippen LogP contribution is -2.25. The van der Waals surface area contributed by atoms with E-state index in [2.05, 4.69) is 19.6 Å². The Morgan fingerprint density at radius 1 is 1.27 bits per heavy atom. The summed E-state index contributed by atoms with van der Waals surface area (Å²) >= 11 is 0. The standard InChI is InChI=1S/C24H29F3N6O3S/c1-14(16-7-9-37(36,10-8-16)32-24(28)35)11-19-22(29-12-30-23(19)33(3)13-34)31-15(2)17-5-4-6-18(20(17)25)21(26)27/h4-6,11-13,15-16,21H,7-10H2,1-3H3,(H2,28,35)(H,29,30,31)/b14-11+/t15-,16?,37?/m1/s1. The molecule has 2 aromatic rings. The van der Waals surface area contributed by atoms with Crippen molar-refractivity contribution in [3.63, 3.8) is 0 Å². The number of hydrogen-bond donors (Lipinski definition) is 2. The van der Waals surface area contributed by atoms with E-state index in [1.54, 1.807) is 13.0 Å². The summed E-state index contributed by atoms with van der Waals surface area (Å²) in [6.45, 7) is 3.49. The van der Waals surface area contributed by atoms with Crippen molar-refractivity contribution in [1.82, 2.24) is 9.97 Å². The third kappa shape index (κ3) is 6.64. The Morgan fingerprint density at radius 3 is 2.51 bits per heavy atom. The van der Waals surface area contributed by atoms with Crippen LogP contribution in [0.2, 0.25) is 0 Å². The van der Waals surface area contributed by atoms with Crippen LogP contribution in [0.1, 0.15) is 55.8 Å². The first-order valence-electron chi connectivity index (χ1n) is 11.5. The first kappa shape index (κ1) is 28.1. The highest BCUT2D eigenvalue weighted by Crippen LogP contribution is 2.34. The van der Waals surface area contributed by atoms with Gasteiger partial charge in [0.25, 0.3) is 6.43 Å². The van der Waals surface area contributed by atoms with Crippen molar-refractivity contribution in [2.75, 3.05) is 28.8 Å². The fourth-order valence-electron chi connectivity index (χ4n) is 4.27. The molecule has 13 heteroatoms. The predicted molar refractivity (Wildman–Crippen MR) is 136 cm³/mol. The number of carbonyl (C=O) groups is 2. The molecule has 0 unspecified atom stereocenters. The molecule has 0 saturated carbocycles. The lowest BCUT2D eigenvalue weighted by molar-refractivity contribution is -0.107. The van der Waals surface area contributed by atoms with Crippen LogP contribution in [0.3, 0.4) is 0 Å². The minimum Gasteiger partial charge on any atom is -0.363 e. The van der Waals surface area contributed by atoms with Crippen molar-refractivity contribution < 1.29 is 27.0 Å². The van der Waals surface area contributed by atoms with Crippen molar-refractivity contribution in [2.45, 2.75) is 39.2 Å². The van der Waals surface area contributed by atoms with Crippen LogP contribution >= 0.6 is 0 Å². The van der Waals surface area contributed by atoms with Crippen LogP contribution in [0, 0.1) is 11.7 Å². The summed E-state index contributed by atoms with van der Waals surface area (Å²) in [5, 5.41) is 3.06. The molecule has 0 radical (unpaired) electrons. The van der Waals surface area contributed by atoms with E-state index in [0.717, 1.165) is 11.6 Å². The van der Waals surface area contributed by atoms with E-state index in [1.165, 1.54) is 30.4 Å². The average Bonchev–Trinajstić information content (AvgIpc) is 2.84. The topological polar surface area (TPSA) is 131 Å². The first-order chi connectivity index (χ1) is 17.5. The Labute approximate surface area is 213 Å². The van der Waals surface area contributed by atoms with E-state index in [-0.39, 0.29) is 34.6 Å². The summed E-state index contributed by atoms with van der Waals surface area (Å²) in [5.74, 6) is 0.00926. The Kier molecular flexibility index (Phi) is 8.89. The molecule has 1 aromatic carbocycles. The number of hydrogen-bond acceptors (Lipinski definition) is 6. The number of urea groups is 1. The zero-order valence-electron chi connectivity index (χ0n) is 20.7. The molecule has 1 fully saturated rings. The van der Waals surface area contributed by atoms with Gasteiger partial charge < -0.3 is 16.0 Å². The molecule has 1 atom stereocenters. The highest BCUT2D eigenvalue weighted by Gasteiger charge is 2.26. The molecule has 200 valence electrons. The molecule has 3 rings (SSSR count). The minimum atomic E-state index is -2.96. The van der Waals surface area contributed by atoms with Crippen molar-refractivity contribution in [3.05, 3.63) is 52.6 Å². The Balaban J connectivity index is 1.96. The van der Waals surface area contributed by atoms with Gasteiger partial charge in [-0.1, -0.05) is 23.8 Å². The molecular formula is C24H29F3N6O3S. The van der Waals surface area contributed by atoms with Gasteiger partial charge in [-0.05, 0) is 38.7 Å². The quantitative estimate of drug-likeness (QED) is 0.470. The van der Waals surface area contributed by atoms with Crippen molar-refractivity contribution in [2.24, 2.45) is 16.0 Å². The Morgan fingerprint density at radius 2 is 1.92 bits per heavy atom. The van der Waals surface area contributed by atoms with Gasteiger partial charge in [0.15, 0.2) is 0 Å². The number of carbonyl (C=O) groups excluding carboxylic acids is 2. The smallest absolute Gasteiger partial charge is 0.346 e. The van der Waals surface area contributed by atoms with Gasteiger partial charge in [-0.15, -0.1) is 4.36 Å². The van der Waals surface area contributed by atoms with Crippen LogP contribution in [0.5, 0.6) is 0 Å². The lowest BCUT2D eigenvalue weighted by Gasteiger charge is -2.26. The monoisotopic (exact) mass is 538 g/mol. The maximum Gasteiger partial charge on any atom is 0.346 e. The van der Waals surface area contributed by atoms with Gasteiger partial charge in [-0.25, -0.2) is 32.1 Å². The van der Waals surface area contributed by atoms with Gasteiger partial charge in [0.2, 0.25) is 6.41 Å². The van der Waals surface area contributed by atoms with Gasteiger partial charge in [-0.3, -0.25) is 4.79 Å². The molecule has 0 aliphatic carbocycles. The molecule has 3 N–H and O–H groups in total. The van der Waals surface area contributed by atoms with Gasteiger partial charge in [0.05, 0.1) is 26.9 Å². The lowest BCUT2D eigenvalue weighted by atomic mass is 9.93. The Hall–Kier alpha value is -3.48. The third-order valence-electron chi connectivity index (χ3n) is 6.31. The Bertz CT molecular complexity index is 1310. The van der Waals surface area contributed by atoms with Gasteiger partial charge in [-0.2, -0.15) is 0 Å². The van der Waals surface area contributed by atoms with E-state index in [4.69, 9.17) is 5.73 Å². The summed E-state index contributed by atoms with van der Waals surface area (Å²) in [6.07, 6.45) is 1.67. The number of nitrogens with two attached hydrogens (primary N) is 1. The van der Waals surface area contributed by atoms with E-state index in [0.29, 0.717) is 24.8 Å². The number of rotatable bonds is 8. The molecule has 9 nitrogen and oxygen atoms in total. The van der Waals surface area contributed by atoms with Crippen molar-refractivity contribution in [3.8, 4) is 0 Å². The largest absolute Gasteiger partial charge is 0.363 e. The summed E-state index contributed by atoms with van der Waals surface area (Å²) in [5.41, 5.74) is 5.76. The summed E-state index contributed by atoms with van der Waals surface area (Å²) in [6, 6.07) is 2.12. The number of primary amides is 1. The van der Waals surface area contributed by atoms with Crippen molar-refractivity contribution >= 4 is 39.9 Å². The molecule has 1 aliphatic rings. The number of benzene rings is 1. The fourth-order valence-corrected chi connectivity index (χ4v) is 6.30. The van der Waals surface area contributed by atoms with Crippen LogP contribution in [-0.4, -0.2) is 45.2 Å². The zero-order chi connectivity index (χ0) is 27.3. The molecule has 37 heavy (non-hydrogen) atoms. The van der Waals surface area contributed by atoms with Crippen LogP contribution in [-0.2, 0) is 14.5 Å². The number of halogens is 3. The van der Waals surface area contributed by atoms with Crippen LogP contribution in [0.15, 0.2) is 34.5 Å². The van der Waals surface area contributed by atoms with Crippen molar-refractivity contribution in [1.29, 1.82) is 0 Å². The van der Waals surface area contributed by atoms with Crippen LogP contribution in [0.25, 0.3) is 6.08 Å². The number of aromatic nitrogens is 2. The van der Waals surface area contributed by atoms with Gasteiger partial charge in [0, 0.05) is 24.1 Å². The first-order valence-corrected chi connectivity index (χ1v) is 13.4. The second-order valence-corrected chi connectivity index (χ2v) is 11.4. The molecular weight excluding hydrogens is 509 g/mol. The van der Waals surface area contributed by atoms with Crippen LogP contribution < -0.4 is 16.0 Å². The molecule has 1 saturated heterocycles. The highest BCUT2D eigenvalue weighted by molar-refractivity contribution is 7.93. The number of alkyl halides is 2. The van der Waals surface area contributed by atoms with E-state index in [9.17, 15) is 27.0 Å². The third-order valence-corrected chi connectivity index (χ3v) is 8.57. The second kappa shape index (κ2) is 11.7. The molecule has 3 amide bonds. The summed E-state index contributed by atoms with van der Waals surface area (Å²) < 4.78 is 57.4. The summed E-state index contributed by atoms with van der Waals surface area (Å²) in [4.78, 5) is 32.4. The predicted octanol–water partition coefficient (Wildman–Crippen LogP) is 4.68. The molecule has 2 heterocycles. The van der Waals surface area contributed by atoms with Crippen LogP contribution in [0.4, 0.5) is 29.6 Å². The second-order valence-electron chi connectivity index (χ2n) is 8.87. The molecule has 0 bridgehead atoms.